The van der Waals surface area contributed by atoms with Crippen molar-refractivity contribution in [2.75, 3.05) is 32.1 Å². The van der Waals surface area contributed by atoms with E-state index >= 15 is 0 Å². The number of aryl methyl sites for hydroxylation is 1. The van der Waals surface area contributed by atoms with Crippen LogP contribution in [0.5, 0.6) is 5.75 Å². The molecular formula is C18H22FN2O2+. The lowest BCUT2D eigenvalue weighted by atomic mass is 10.2. The Morgan fingerprint density at radius 1 is 1.22 bits per heavy atom. The second-order valence-corrected chi connectivity index (χ2v) is 5.60. The molecule has 0 bridgehead atoms. The number of rotatable bonds is 7. The molecule has 23 heavy (non-hydrogen) atoms. The van der Waals surface area contributed by atoms with Gasteiger partial charge < -0.3 is 15.0 Å². The molecule has 0 heterocycles. The molecule has 122 valence electrons. The van der Waals surface area contributed by atoms with E-state index in [9.17, 15) is 9.18 Å². The van der Waals surface area contributed by atoms with Crippen molar-refractivity contribution >= 4 is 11.6 Å². The lowest BCUT2D eigenvalue weighted by Crippen LogP contribution is -3.10. The summed E-state index contributed by atoms with van der Waals surface area (Å²) in [6.07, 6.45) is 0. The average Bonchev–Trinajstić information content (AvgIpc) is 2.49. The Bertz CT molecular complexity index is 644. The first-order chi connectivity index (χ1) is 11.0. The fraction of sp³-hybridized carbons (Fsp3) is 0.278. The van der Waals surface area contributed by atoms with Crippen LogP contribution in [0.4, 0.5) is 10.1 Å². The number of hydrogen-bond acceptors (Lipinski definition) is 2. The summed E-state index contributed by atoms with van der Waals surface area (Å²) in [7, 11) is 1.92. The van der Waals surface area contributed by atoms with Gasteiger partial charge in [0.05, 0.1) is 7.05 Å². The molecule has 2 rings (SSSR count). The Labute approximate surface area is 135 Å². The van der Waals surface area contributed by atoms with Crippen LogP contribution in [0.25, 0.3) is 0 Å². The summed E-state index contributed by atoms with van der Waals surface area (Å²) in [5.41, 5.74) is 1.66. The lowest BCUT2D eigenvalue weighted by Gasteiger charge is -2.14. The van der Waals surface area contributed by atoms with E-state index in [-0.39, 0.29) is 11.7 Å². The number of benzene rings is 2. The number of carbonyl (C=O) groups is 1. The van der Waals surface area contributed by atoms with Crippen LogP contribution in [0.3, 0.4) is 0 Å². The highest BCUT2D eigenvalue weighted by atomic mass is 19.1. The summed E-state index contributed by atoms with van der Waals surface area (Å²) >= 11 is 0. The topological polar surface area (TPSA) is 42.8 Å². The molecule has 1 unspecified atom stereocenters. The second kappa shape index (κ2) is 8.29. The molecule has 4 nitrogen and oxygen atoms in total. The third-order valence-electron chi connectivity index (χ3n) is 3.39. The highest BCUT2D eigenvalue weighted by Crippen LogP contribution is 2.10. The third kappa shape index (κ3) is 6.08. The van der Waals surface area contributed by atoms with Crippen LogP contribution in [0, 0.1) is 12.7 Å². The number of carbonyl (C=O) groups excluding carboxylic acids is 1. The molecule has 0 aliphatic carbocycles. The molecule has 0 fully saturated rings. The minimum Gasteiger partial charge on any atom is -0.488 e. The first-order valence-corrected chi connectivity index (χ1v) is 7.59. The van der Waals surface area contributed by atoms with Crippen LogP contribution in [0.15, 0.2) is 48.5 Å². The Morgan fingerprint density at radius 2 is 1.96 bits per heavy atom. The molecular weight excluding hydrogens is 295 g/mol. The fourth-order valence-electron chi connectivity index (χ4n) is 2.11. The van der Waals surface area contributed by atoms with Gasteiger partial charge in [-0.15, -0.1) is 0 Å². The summed E-state index contributed by atoms with van der Waals surface area (Å²) in [4.78, 5) is 12.9. The number of hydrogen-bond donors (Lipinski definition) is 2. The largest absolute Gasteiger partial charge is 0.488 e. The van der Waals surface area contributed by atoms with Gasteiger partial charge in [0, 0.05) is 5.69 Å². The standard InChI is InChI=1S/C18H21FN2O2/c1-14-6-8-17(9-7-14)23-11-10-21(2)13-18(22)20-16-5-3-4-15(19)12-16/h3-9,12H,10-11,13H2,1-2H3,(H,20,22)/p+1. The van der Waals surface area contributed by atoms with Gasteiger partial charge in [-0.2, -0.15) is 0 Å². The van der Waals surface area contributed by atoms with Gasteiger partial charge in [-0.3, -0.25) is 4.79 Å². The van der Waals surface area contributed by atoms with Crippen LogP contribution >= 0.6 is 0 Å². The number of quaternary nitrogens is 1. The van der Waals surface area contributed by atoms with E-state index in [4.69, 9.17) is 4.74 Å². The third-order valence-corrected chi connectivity index (χ3v) is 3.39. The monoisotopic (exact) mass is 317 g/mol. The summed E-state index contributed by atoms with van der Waals surface area (Å²) in [6.45, 7) is 3.55. The minimum atomic E-state index is -0.366. The fourth-order valence-corrected chi connectivity index (χ4v) is 2.11. The average molecular weight is 317 g/mol. The lowest BCUT2D eigenvalue weighted by molar-refractivity contribution is -0.871. The predicted molar refractivity (Wildman–Crippen MR) is 88.3 cm³/mol. The van der Waals surface area contributed by atoms with Crippen LogP contribution in [0.2, 0.25) is 0 Å². The summed E-state index contributed by atoms with van der Waals surface area (Å²) < 4.78 is 18.7. The summed E-state index contributed by atoms with van der Waals surface area (Å²) in [5.74, 6) is 0.311. The smallest absolute Gasteiger partial charge is 0.279 e. The zero-order valence-electron chi connectivity index (χ0n) is 13.4. The molecule has 5 heteroatoms. The van der Waals surface area contributed by atoms with Gasteiger partial charge in [0.15, 0.2) is 6.54 Å². The van der Waals surface area contributed by atoms with Gasteiger partial charge in [0.25, 0.3) is 5.91 Å². The molecule has 1 atom stereocenters. The number of nitrogens with one attached hydrogen (secondary N) is 2. The van der Waals surface area contributed by atoms with Gasteiger partial charge in [-0.1, -0.05) is 23.8 Å². The van der Waals surface area contributed by atoms with Crippen molar-refractivity contribution in [2.24, 2.45) is 0 Å². The maximum Gasteiger partial charge on any atom is 0.279 e. The normalized spacial score (nSPS) is 11.8. The van der Waals surface area contributed by atoms with Crippen LogP contribution in [-0.2, 0) is 4.79 Å². The maximum absolute atomic E-state index is 13.1. The first-order valence-electron chi connectivity index (χ1n) is 7.59. The molecule has 2 aromatic carbocycles. The highest BCUT2D eigenvalue weighted by Gasteiger charge is 2.10. The van der Waals surface area contributed by atoms with E-state index in [1.807, 2.05) is 38.2 Å². The Morgan fingerprint density at radius 3 is 2.65 bits per heavy atom. The van der Waals surface area contributed by atoms with Gasteiger partial charge in [-0.25, -0.2) is 4.39 Å². The number of amides is 1. The highest BCUT2D eigenvalue weighted by molar-refractivity contribution is 5.91. The van der Waals surface area contributed by atoms with E-state index in [0.29, 0.717) is 25.4 Å². The molecule has 0 saturated carbocycles. The number of halogens is 1. The van der Waals surface area contributed by atoms with Crippen molar-refractivity contribution in [1.29, 1.82) is 0 Å². The number of ether oxygens (including phenoxy) is 1. The second-order valence-electron chi connectivity index (χ2n) is 5.60. The van der Waals surface area contributed by atoms with Crippen LogP contribution in [-0.4, -0.2) is 32.7 Å². The van der Waals surface area contributed by atoms with E-state index in [1.165, 1.54) is 17.7 Å². The molecule has 2 N–H and O–H groups in total. The van der Waals surface area contributed by atoms with Crippen LogP contribution in [0.1, 0.15) is 5.56 Å². The van der Waals surface area contributed by atoms with E-state index < -0.39 is 0 Å². The quantitative estimate of drug-likeness (QED) is 0.816. The molecule has 0 aliphatic heterocycles. The van der Waals surface area contributed by atoms with Crippen molar-refractivity contribution in [2.45, 2.75) is 6.92 Å². The van der Waals surface area contributed by atoms with E-state index in [0.717, 1.165) is 10.6 Å². The zero-order valence-corrected chi connectivity index (χ0v) is 13.4. The molecule has 0 aromatic heterocycles. The first kappa shape index (κ1) is 17.0. The van der Waals surface area contributed by atoms with Crippen molar-refractivity contribution in [3.63, 3.8) is 0 Å². The van der Waals surface area contributed by atoms with Crippen molar-refractivity contribution in [1.82, 2.24) is 0 Å². The molecule has 0 saturated heterocycles. The summed E-state index contributed by atoms with van der Waals surface area (Å²) in [5, 5.41) is 2.69. The Kier molecular flexibility index (Phi) is 6.11. The van der Waals surface area contributed by atoms with Gasteiger partial charge >= 0.3 is 0 Å². The molecule has 1 amide bonds. The van der Waals surface area contributed by atoms with E-state index in [1.54, 1.807) is 12.1 Å². The van der Waals surface area contributed by atoms with Gasteiger partial charge in [0.2, 0.25) is 0 Å². The van der Waals surface area contributed by atoms with Crippen LogP contribution < -0.4 is 15.0 Å². The van der Waals surface area contributed by atoms with E-state index in [2.05, 4.69) is 5.32 Å². The SMILES string of the molecule is Cc1ccc(OCC[NH+](C)CC(=O)Nc2cccc(F)c2)cc1. The van der Waals surface area contributed by atoms with Crippen molar-refractivity contribution in [3.05, 3.63) is 59.9 Å². The zero-order chi connectivity index (χ0) is 16.7. The molecule has 0 radical (unpaired) electrons. The number of anilines is 1. The van der Waals surface area contributed by atoms with Gasteiger partial charge in [-0.05, 0) is 37.3 Å². The van der Waals surface area contributed by atoms with Crippen molar-refractivity contribution in [3.8, 4) is 5.75 Å². The van der Waals surface area contributed by atoms with Gasteiger partial charge in [0.1, 0.15) is 24.7 Å². The van der Waals surface area contributed by atoms with Crippen molar-refractivity contribution < 1.29 is 18.8 Å². The maximum atomic E-state index is 13.1. The molecule has 0 spiro atoms. The number of likely N-dealkylation sites (N-methyl/N-ethyl adjacent to an activating group) is 1. The minimum absolute atomic E-state index is 0.150. The Hall–Kier alpha value is -2.40. The Balaban J connectivity index is 1.70. The summed E-state index contributed by atoms with van der Waals surface area (Å²) in [6, 6.07) is 13.7. The molecule has 0 aliphatic rings. The molecule has 2 aromatic rings. The predicted octanol–water partition coefficient (Wildman–Crippen LogP) is 1.67.